The summed E-state index contributed by atoms with van der Waals surface area (Å²) in [4.78, 5) is 12.1. The second-order valence-electron chi connectivity index (χ2n) is 5.69. The van der Waals surface area contributed by atoms with Crippen LogP contribution in [0.15, 0.2) is 36.4 Å². The Labute approximate surface area is 141 Å². The Kier molecular flexibility index (Phi) is 6.07. The Morgan fingerprint density at radius 3 is 2.50 bits per heavy atom. The highest BCUT2D eigenvalue weighted by molar-refractivity contribution is 5.73. The smallest absolute Gasteiger partial charge is 0.311 e. The monoisotopic (exact) mass is 330 g/mol. The van der Waals surface area contributed by atoms with Crippen molar-refractivity contribution in [1.82, 2.24) is 0 Å². The van der Waals surface area contributed by atoms with Crippen LogP contribution in [0.3, 0.4) is 0 Å². The van der Waals surface area contributed by atoms with Gasteiger partial charge in [0, 0.05) is 12.5 Å². The molecule has 0 unspecified atom stereocenters. The summed E-state index contributed by atoms with van der Waals surface area (Å²) < 4.78 is 5.39. The van der Waals surface area contributed by atoms with E-state index in [-0.39, 0.29) is 23.7 Å². The van der Waals surface area contributed by atoms with Crippen LogP contribution in [0.5, 0.6) is 23.0 Å². The number of phenols is 3. The average Bonchev–Trinajstić information content (AvgIpc) is 2.55. The first-order valence-corrected chi connectivity index (χ1v) is 8.03. The van der Waals surface area contributed by atoms with Gasteiger partial charge in [-0.15, -0.1) is 0 Å². The van der Waals surface area contributed by atoms with E-state index in [0.717, 1.165) is 30.4 Å². The molecular formula is C19H22O5. The molecule has 0 bridgehead atoms. The van der Waals surface area contributed by atoms with Crippen LogP contribution < -0.4 is 4.74 Å². The van der Waals surface area contributed by atoms with Crippen molar-refractivity contribution in [3.63, 3.8) is 0 Å². The van der Waals surface area contributed by atoms with Crippen LogP contribution in [0.4, 0.5) is 0 Å². The van der Waals surface area contributed by atoms with Crippen molar-refractivity contribution in [2.45, 2.75) is 39.0 Å². The minimum absolute atomic E-state index is 0.0569. The topological polar surface area (TPSA) is 87.0 Å². The summed E-state index contributed by atoms with van der Waals surface area (Å²) >= 11 is 0. The Balaban J connectivity index is 1.98. The van der Waals surface area contributed by atoms with Crippen molar-refractivity contribution in [3.05, 3.63) is 47.5 Å². The number of ether oxygens (including phenoxy) is 1. The molecule has 2 aromatic carbocycles. The van der Waals surface area contributed by atoms with Gasteiger partial charge in [0.25, 0.3) is 0 Å². The first kappa shape index (κ1) is 17.7. The van der Waals surface area contributed by atoms with Crippen molar-refractivity contribution in [2.75, 3.05) is 0 Å². The molecule has 5 nitrogen and oxygen atoms in total. The summed E-state index contributed by atoms with van der Waals surface area (Å²) in [6, 6.07) is 9.25. The first-order chi connectivity index (χ1) is 11.5. The maximum Gasteiger partial charge on any atom is 0.311 e. The number of carbonyl (C=O) groups is 1. The Morgan fingerprint density at radius 1 is 1.00 bits per heavy atom. The van der Waals surface area contributed by atoms with Gasteiger partial charge in [0.2, 0.25) is 0 Å². The quantitative estimate of drug-likeness (QED) is 0.409. The number of hydrogen-bond acceptors (Lipinski definition) is 5. The number of esters is 1. The summed E-state index contributed by atoms with van der Waals surface area (Å²) in [5.41, 5.74) is 1.62. The lowest BCUT2D eigenvalue weighted by atomic mass is 10.1. The molecule has 0 aliphatic carbocycles. The zero-order valence-electron chi connectivity index (χ0n) is 13.7. The van der Waals surface area contributed by atoms with Crippen molar-refractivity contribution >= 4 is 5.97 Å². The van der Waals surface area contributed by atoms with E-state index in [2.05, 4.69) is 6.92 Å². The standard InChI is InChI=1S/C19H22O5/c1-2-3-4-14-7-8-15(20)12-18(14)24-19(23)10-6-13-5-9-16(21)17(22)11-13/h5,7-9,11-12,20-22H,2-4,6,10H2,1H3. The molecule has 2 rings (SSSR count). The summed E-state index contributed by atoms with van der Waals surface area (Å²) in [6.45, 7) is 2.08. The molecule has 0 saturated carbocycles. The molecule has 3 N–H and O–H groups in total. The van der Waals surface area contributed by atoms with Gasteiger partial charge in [0.05, 0.1) is 0 Å². The molecule has 0 spiro atoms. The molecule has 5 heteroatoms. The molecular weight excluding hydrogens is 308 g/mol. The third-order valence-corrected chi connectivity index (χ3v) is 3.73. The molecule has 0 amide bonds. The maximum atomic E-state index is 12.1. The lowest BCUT2D eigenvalue weighted by Gasteiger charge is -2.10. The van der Waals surface area contributed by atoms with Gasteiger partial charge in [-0.05, 0) is 48.6 Å². The molecule has 0 saturated heterocycles. The van der Waals surface area contributed by atoms with Crippen LogP contribution in [0.25, 0.3) is 0 Å². The average molecular weight is 330 g/mol. The van der Waals surface area contributed by atoms with Gasteiger partial charge in [0.15, 0.2) is 11.5 Å². The number of rotatable bonds is 7. The zero-order chi connectivity index (χ0) is 17.5. The van der Waals surface area contributed by atoms with Crippen LogP contribution in [0, 0.1) is 0 Å². The van der Waals surface area contributed by atoms with Gasteiger partial charge in [-0.2, -0.15) is 0 Å². The highest BCUT2D eigenvalue weighted by Crippen LogP contribution is 2.27. The largest absolute Gasteiger partial charge is 0.508 e. The van der Waals surface area contributed by atoms with E-state index in [4.69, 9.17) is 4.74 Å². The highest BCUT2D eigenvalue weighted by atomic mass is 16.5. The lowest BCUT2D eigenvalue weighted by molar-refractivity contribution is -0.134. The van der Waals surface area contributed by atoms with Gasteiger partial charge in [-0.1, -0.05) is 25.5 Å². The van der Waals surface area contributed by atoms with Crippen LogP contribution in [0.1, 0.15) is 37.3 Å². The number of aryl methyl sites for hydroxylation is 2. The Bertz CT molecular complexity index is 709. The van der Waals surface area contributed by atoms with Crippen LogP contribution in [0.2, 0.25) is 0 Å². The molecule has 128 valence electrons. The number of benzene rings is 2. The zero-order valence-corrected chi connectivity index (χ0v) is 13.7. The number of carbonyl (C=O) groups excluding carboxylic acids is 1. The predicted octanol–water partition coefficient (Wildman–Crippen LogP) is 3.68. The van der Waals surface area contributed by atoms with Gasteiger partial charge in [-0.3, -0.25) is 4.79 Å². The van der Waals surface area contributed by atoms with Gasteiger partial charge >= 0.3 is 5.97 Å². The second-order valence-corrected chi connectivity index (χ2v) is 5.69. The third kappa shape index (κ3) is 4.91. The van der Waals surface area contributed by atoms with Gasteiger partial charge in [0.1, 0.15) is 11.5 Å². The van der Waals surface area contributed by atoms with E-state index in [1.165, 1.54) is 18.2 Å². The normalized spacial score (nSPS) is 10.5. The lowest BCUT2D eigenvalue weighted by Crippen LogP contribution is -2.10. The molecule has 0 fully saturated rings. The third-order valence-electron chi connectivity index (χ3n) is 3.73. The van der Waals surface area contributed by atoms with Gasteiger partial charge < -0.3 is 20.1 Å². The van der Waals surface area contributed by atoms with Crippen LogP contribution in [-0.4, -0.2) is 21.3 Å². The van der Waals surface area contributed by atoms with Crippen LogP contribution in [-0.2, 0) is 17.6 Å². The van der Waals surface area contributed by atoms with Crippen molar-refractivity contribution in [3.8, 4) is 23.0 Å². The van der Waals surface area contributed by atoms with E-state index in [1.807, 2.05) is 0 Å². The Morgan fingerprint density at radius 2 is 1.79 bits per heavy atom. The van der Waals surface area contributed by atoms with Crippen LogP contribution >= 0.6 is 0 Å². The minimum atomic E-state index is -0.411. The van der Waals surface area contributed by atoms with E-state index in [9.17, 15) is 20.1 Å². The predicted molar refractivity (Wildman–Crippen MR) is 90.4 cm³/mol. The number of phenolic OH excluding ortho intramolecular Hbond substituents is 3. The molecule has 0 aliphatic heterocycles. The molecule has 0 atom stereocenters. The maximum absolute atomic E-state index is 12.1. The van der Waals surface area contributed by atoms with E-state index in [1.54, 1.807) is 18.2 Å². The SMILES string of the molecule is CCCCc1ccc(O)cc1OC(=O)CCc1ccc(O)c(O)c1. The fourth-order valence-corrected chi connectivity index (χ4v) is 2.36. The second kappa shape index (κ2) is 8.24. The molecule has 24 heavy (non-hydrogen) atoms. The fourth-order valence-electron chi connectivity index (χ4n) is 2.36. The summed E-state index contributed by atoms with van der Waals surface area (Å²) in [5, 5.41) is 28.3. The number of aromatic hydroxyl groups is 3. The summed E-state index contributed by atoms with van der Waals surface area (Å²) in [5.74, 6) is -0.369. The molecule has 0 heterocycles. The number of unbranched alkanes of at least 4 members (excludes halogenated alkanes) is 1. The molecule has 2 aromatic rings. The first-order valence-electron chi connectivity index (χ1n) is 8.03. The Hall–Kier alpha value is -2.69. The summed E-state index contributed by atoms with van der Waals surface area (Å²) in [6.07, 6.45) is 3.30. The molecule has 0 radical (unpaired) electrons. The minimum Gasteiger partial charge on any atom is -0.508 e. The van der Waals surface area contributed by atoms with E-state index < -0.39 is 5.97 Å². The van der Waals surface area contributed by atoms with E-state index in [0.29, 0.717) is 12.2 Å². The van der Waals surface area contributed by atoms with E-state index >= 15 is 0 Å². The van der Waals surface area contributed by atoms with Crippen molar-refractivity contribution in [1.29, 1.82) is 0 Å². The summed E-state index contributed by atoms with van der Waals surface area (Å²) in [7, 11) is 0. The molecule has 0 aliphatic rings. The highest BCUT2D eigenvalue weighted by Gasteiger charge is 2.11. The fraction of sp³-hybridized carbons (Fsp3) is 0.316. The molecule has 0 aromatic heterocycles. The van der Waals surface area contributed by atoms with Crippen molar-refractivity contribution in [2.24, 2.45) is 0 Å². The van der Waals surface area contributed by atoms with Gasteiger partial charge in [-0.25, -0.2) is 0 Å². The number of hydrogen-bond donors (Lipinski definition) is 3. The van der Waals surface area contributed by atoms with Crippen molar-refractivity contribution < 1.29 is 24.9 Å².